The molecule has 0 saturated heterocycles. The van der Waals surface area contributed by atoms with E-state index in [0.717, 1.165) is 12.1 Å². The van der Waals surface area contributed by atoms with Crippen LogP contribution < -0.4 is 16.6 Å². The highest BCUT2D eigenvalue weighted by atomic mass is 19.1. The molecule has 1 aromatic rings. The number of benzene rings is 1. The molecule has 4 nitrogen and oxygen atoms in total. The van der Waals surface area contributed by atoms with E-state index in [4.69, 9.17) is 5.84 Å². The highest BCUT2D eigenvalue weighted by Gasteiger charge is 2.21. The topological polar surface area (TPSA) is 67.2 Å². The molecule has 6 heteroatoms. The van der Waals surface area contributed by atoms with E-state index in [2.05, 4.69) is 5.32 Å². The zero-order valence-corrected chi connectivity index (χ0v) is 10.6. The van der Waals surface area contributed by atoms with Gasteiger partial charge in [0.1, 0.15) is 5.69 Å². The zero-order chi connectivity index (χ0) is 13.9. The molecule has 0 saturated carbocycles. The summed E-state index contributed by atoms with van der Waals surface area (Å²) in [5.74, 6) is 2.63. The van der Waals surface area contributed by atoms with Crippen LogP contribution in [0.4, 0.5) is 14.5 Å². The summed E-state index contributed by atoms with van der Waals surface area (Å²) in [7, 11) is 0. The third kappa shape index (κ3) is 3.16. The van der Waals surface area contributed by atoms with Crippen molar-refractivity contribution in [2.75, 3.05) is 5.43 Å². The Balaban J connectivity index is 3.01. The van der Waals surface area contributed by atoms with E-state index in [-0.39, 0.29) is 5.56 Å². The van der Waals surface area contributed by atoms with Crippen LogP contribution in [0.25, 0.3) is 0 Å². The average Bonchev–Trinajstić information content (AvgIpc) is 2.28. The van der Waals surface area contributed by atoms with Crippen molar-refractivity contribution < 1.29 is 13.6 Å². The van der Waals surface area contributed by atoms with E-state index < -0.39 is 28.8 Å². The molecule has 0 aliphatic heterocycles. The molecule has 0 atom stereocenters. The predicted octanol–water partition coefficient (Wildman–Crippen LogP) is 2.17. The molecule has 18 heavy (non-hydrogen) atoms. The number of hydrogen-bond donors (Lipinski definition) is 3. The highest BCUT2D eigenvalue weighted by Crippen LogP contribution is 2.20. The van der Waals surface area contributed by atoms with Gasteiger partial charge in [-0.05, 0) is 32.4 Å². The normalized spacial score (nSPS) is 11.2. The zero-order valence-electron chi connectivity index (χ0n) is 10.6. The third-order valence-electron chi connectivity index (χ3n) is 2.78. The molecule has 0 radical (unpaired) electrons. The minimum Gasteiger partial charge on any atom is -0.347 e. The molecule has 0 unspecified atom stereocenters. The molecule has 1 aromatic carbocycles. The lowest BCUT2D eigenvalue weighted by Crippen LogP contribution is -2.42. The molecule has 1 amide bonds. The number of hydrazine groups is 1. The standard InChI is InChI=1S/C12H17F2N3O/c1-4-12(2,3)16-11(18)7-5-8(13)10(17-15)9(14)6-7/h5-6,17H,4,15H2,1-3H3,(H,16,18). The molecule has 0 spiro atoms. The Morgan fingerprint density at radius 1 is 1.33 bits per heavy atom. The van der Waals surface area contributed by atoms with Crippen LogP contribution >= 0.6 is 0 Å². The third-order valence-corrected chi connectivity index (χ3v) is 2.78. The Morgan fingerprint density at radius 3 is 2.22 bits per heavy atom. The van der Waals surface area contributed by atoms with Crippen LogP contribution in [-0.2, 0) is 0 Å². The summed E-state index contributed by atoms with van der Waals surface area (Å²) in [6, 6.07) is 1.89. The lowest BCUT2D eigenvalue weighted by atomic mass is 10.0. The molecule has 4 N–H and O–H groups in total. The second kappa shape index (κ2) is 5.30. The number of rotatable bonds is 4. The van der Waals surface area contributed by atoms with Crippen molar-refractivity contribution >= 4 is 11.6 Å². The fraction of sp³-hybridized carbons (Fsp3) is 0.417. The molecule has 0 aliphatic carbocycles. The highest BCUT2D eigenvalue weighted by molar-refractivity contribution is 5.95. The largest absolute Gasteiger partial charge is 0.347 e. The van der Waals surface area contributed by atoms with Crippen molar-refractivity contribution in [3.63, 3.8) is 0 Å². The fourth-order valence-electron chi connectivity index (χ4n) is 1.31. The van der Waals surface area contributed by atoms with Crippen LogP contribution in [0.1, 0.15) is 37.6 Å². The van der Waals surface area contributed by atoms with E-state index in [1.165, 1.54) is 0 Å². The van der Waals surface area contributed by atoms with Crippen LogP contribution in [-0.4, -0.2) is 11.4 Å². The van der Waals surface area contributed by atoms with Crippen LogP contribution in [0.2, 0.25) is 0 Å². The Bertz CT molecular complexity index is 438. The van der Waals surface area contributed by atoms with Gasteiger partial charge >= 0.3 is 0 Å². The van der Waals surface area contributed by atoms with Crippen molar-refractivity contribution in [2.45, 2.75) is 32.7 Å². The number of carbonyl (C=O) groups excluding carboxylic acids is 1. The number of nitrogens with two attached hydrogens (primary N) is 1. The smallest absolute Gasteiger partial charge is 0.251 e. The second-order valence-electron chi connectivity index (χ2n) is 4.65. The van der Waals surface area contributed by atoms with E-state index in [1.54, 1.807) is 0 Å². The maximum absolute atomic E-state index is 13.4. The van der Waals surface area contributed by atoms with Gasteiger partial charge in [-0.25, -0.2) is 8.78 Å². The van der Waals surface area contributed by atoms with Gasteiger partial charge in [0.05, 0.1) is 0 Å². The number of halogens is 2. The van der Waals surface area contributed by atoms with Gasteiger partial charge in [0, 0.05) is 11.1 Å². The second-order valence-corrected chi connectivity index (χ2v) is 4.65. The molecule has 0 heterocycles. The first-order chi connectivity index (χ1) is 8.30. The van der Waals surface area contributed by atoms with Gasteiger partial charge in [-0.15, -0.1) is 0 Å². The number of nitrogen functional groups attached to an aromatic ring is 1. The number of hydrogen-bond acceptors (Lipinski definition) is 3. The van der Waals surface area contributed by atoms with Gasteiger partial charge in [-0.3, -0.25) is 10.6 Å². The molecule has 0 fully saturated rings. The first-order valence-corrected chi connectivity index (χ1v) is 5.59. The number of nitrogens with one attached hydrogen (secondary N) is 2. The van der Waals surface area contributed by atoms with E-state index in [1.807, 2.05) is 26.2 Å². The Kier molecular flexibility index (Phi) is 4.24. The number of carbonyl (C=O) groups is 1. The lowest BCUT2D eigenvalue weighted by Gasteiger charge is -2.24. The van der Waals surface area contributed by atoms with Gasteiger partial charge in [0.2, 0.25) is 0 Å². The summed E-state index contributed by atoms with van der Waals surface area (Å²) in [4.78, 5) is 11.8. The minimum atomic E-state index is -0.906. The summed E-state index contributed by atoms with van der Waals surface area (Å²) >= 11 is 0. The van der Waals surface area contributed by atoms with Gasteiger partial charge in [-0.1, -0.05) is 6.92 Å². The molecule has 0 aromatic heterocycles. The van der Waals surface area contributed by atoms with Gasteiger partial charge < -0.3 is 10.7 Å². The maximum Gasteiger partial charge on any atom is 0.251 e. The SMILES string of the molecule is CCC(C)(C)NC(=O)c1cc(F)c(NN)c(F)c1. The molecule has 100 valence electrons. The summed E-state index contributed by atoms with van der Waals surface area (Å²) in [6.07, 6.45) is 0.701. The quantitative estimate of drug-likeness (QED) is 0.572. The van der Waals surface area contributed by atoms with Crippen molar-refractivity contribution in [3.8, 4) is 0 Å². The molecular weight excluding hydrogens is 240 g/mol. The maximum atomic E-state index is 13.4. The molecule has 1 rings (SSSR count). The Labute approximate surface area is 105 Å². The fourth-order valence-corrected chi connectivity index (χ4v) is 1.31. The van der Waals surface area contributed by atoms with Gasteiger partial charge in [0.25, 0.3) is 5.91 Å². The lowest BCUT2D eigenvalue weighted by molar-refractivity contribution is 0.0910. The average molecular weight is 257 g/mol. The van der Waals surface area contributed by atoms with Crippen LogP contribution in [0, 0.1) is 11.6 Å². The van der Waals surface area contributed by atoms with Crippen LogP contribution in [0.15, 0.2) is 12.1 Å². The number of anilines is 1. The molecule has 0 bridgehead atoms. The monoisotopic (exact) mass is 257 g/mol. The summed E-state index contributed by atoms with van der Waals surface area (Å²) in [5, 5.41) is 2.69. The van der Waals surface area contributed by atoms with Crippen molar-refractivity contribution in [1.82, 2.24) is 5.32 Å². The van der Waals surface area contributed by atoms with Crippen molar-refractivity contribution in [1.29, 1.82) is 0 Å². The molecular formula is C12H17F2N3O. The van der Waals surface area contributed by atoms with Crippen molar-refractivity contribution in [3.05, 3.63) is 29.3 Å². The molecule has 0 aliphatic rings. The van der Waals surface area contributed by atoms with E-state index >= 15 is 0 Å². The summed E-state index contributed by atoms with van der Waals surface area (Å²) < 4.78 is 26.8. The summed E-state index contributed by atoms with van der Waals surface area (Å²) in [5.41, 5.74) is 0.936. The first kappa shape index (κ1) is 14.4. The Hall–Kier alpha value is -1.69. The minimum absolute atomic E-state index is 0.0782. The Morgan fingerprint density at radius 2 is 1.83 bits per heavy atom. The summed E-state index contributed by atoms with van der Waals surface area (Å²) in [6.45, 7) is 5.56. The van der Waals surface area contributed by atoms with E-state index in [9.17, 15) is 13.6 Å². The van der Waals surface area contributed by atoms with Crippen LogP contribution in [0.5, 0.6) is 0 Å². The van der Waals surface area contributed by atoms with E-state index in [0.29, 0.717) is 6.42 Å². The van der Waals surface area contributed by atoms with Gasteiger partial charge in [0.15, 0.2) is 11.6 Å². The number of amides is 1. The van der Waals surface area contributed by atoms with Gasteiger partial charge in [-0.2, -0.15) is 0 Å². The predicted molar refractivity (Wildman–Crippen MR) is 66.0 cm³/mol. The first-order valence-electron chi connectivity index (χ1n) is 5.59. The van der Waals surface area contributed by atoms with Crippen molar-refractivity contribution in [2.24, 2.45) is 5.84 Å². The van der Waals surface area contributed by atoms with Crippen LogP contribution in [0.3, 0.4) is 0 Å².